The van der Waals surface area contributed by atoms with Gasteiger partial charge in [-0.2, -0.15) is 0 Å². The Morgan fingerprint density at radius 1 is 1.29 bits per heavy atom. The summed E-state index contributed by atoms with van der Waals surface area (Å²) >= 11 is 0. The molecule has 0 spiro atoms. The fourth-order valence-electron chi connectivity index (χ4n) is 1.72. The van der Waals surface area contributed by atoms with Crippen molar-refractivity contribution in [3.05, 3.63) is 58.1 Å². The van der Waals surface area contributed by atoms with Gasteiger partial charge < -0.3 is 15.2 Å². The van der Waals surface area contributed by atoms with Crippen LogP contribution in [0.25, 0.3) is 0 Å². The van der Waals surface area contributed by atoms with Crippen LogP contribution in [0.1, 0.15) is 10.4 Å². The quantitative estimate of drug-likeness (QED) is 0.665. The molecule has 0 radical (unpaired) electrons. The second kappa shape index (κ2) is 5.91. The fourth-order valence-corrected chi connectivity index (χ4v) is 1.72. The highest BCUT2D eigenvalue weighted by molar-refractivity contribution is 6.04. The van der Waals surface area contributed by atoms with Crippen LogP contribution in [0.3, 0.4) is 0 Å². The first kappa shape index (κ1) is 14.3. The zero-order chi connectivity index (χ0) is 15.4. The van der Waals surface area contributed by atoms with Crippen molar-refractivity contribution in [2.24, 2.45) is 0 Å². The molecule has 0 unspecified atom stereocenters. The zero-order valence-electron chi connectivity index (χ0n) is 11.1. The number of anilines is 1. The number of nitro benzene ring substituents is 1. The molecule has 0 saturated heterocycles. The summed E-state index contributed by atoms with van der Waals surface area (Å²) in [4.78, 5) is 22.2. The monoisotopic (exact) mass is 288 g/mol. The van der Waals surface area contributed by atoms with Crippen molar-refractivity contribution in [2.75, 3.05) is 12.4 Å². The topological polar surface area (TPSA) is 102 Å². The average Bonchev–Trinajstić information content (AvgIpc) is 2.47. The maximum absolute atomic E-state index is 12.1. The van der Waals surface area contributed by atoms with Gasteiger partial charge >= 0.3 is 0 Å². The number of aromatic hydroxyl groups is 1. The van der Waals surface area contributed by atoms with Crippen molar-refractivity contribution in [3.63, 3.8) is 0 Å². The van der Waals surface area contributed by atoms with E-state index in [0.29, 0.717) is 5.69 Å². The molecule has 7 nitrogen and oxygen atoms in total. The molecule has 0 aliphatic carbocycles. The highest BCUT2D eigenvalue weighted by Crippen LogP contribution is 2.26. The van der Waals surface area contributed by atoms with Gasteiger partial charge in [0.1, 0.15) is 0 Å². The van der Waals surface area contributed by atoms with Crippen molar-refractivity contribution < 1.29 is 19.6 Å². The lowest BCUT2D eigenvalue weighted by Crippen LogP contribution is -2.12. The standard InChI is InChI=1S/C14H12N2O5/c1-21-13-7-9(5-6-12(13)17)14(18)15-10-3-2-4-11(8-10)16(19)20/h2-8,17H,1H3,(H,15,18). The Labute approximate surface area is 119 Å². The highest BCUT2D eigenvalue weighted by Gasteiger charge is 2.12. The molecular weight excluding hydrogens is 276 g/mol. The number of hydrogen-bond donors (Lipinski definition) is 2. The van der Waals surface area contributed by atoms with Gasteiger partial charge in [-0.25, -0.2) is 0 Å². The van der Waals surface area contributed by atoms with E-state index < -0.39 is 10.8 Å². The SMILES string of the molecule is COc1cc(C(=O)Nc2cccc([N+](=O)[O-])c2)ccc1O. The Balaban J connectivity index is 2.22. The van der Waals surface area contributed by atoms with E-state index in [4.69, 9.17) is 4.74 Å². The molecular formula is C14H12N2O5. The molecule has 2 aromatic rings. The molecule has 0 aliphatic rings. The number of amides is 1. The van der Waals surface area contributed by atoms with Gasteiger partial charge in [0.25, 0.3) is 11.6 Å². The number of ether oxygens (including phenoxy) is 1. The summed E-state index contributed by atoms with van der Waals surface area (Å²) in [5.74, 6) is -0.375. The number of benzene rings is 2. The van der Waals surface area contributed by atoms with E-state index in [1.807, 2.05) is 0 Å². The number of nitro groups is 1. The third-order valence-electron chi connectivity index (χ3n) is 2.76. The van der Waals surface area contributed by atoms with Crippen LogP contribution in [0.5, 0.6) is 11.5 Å². The van der Waals surface area contributed by atoms with Gasteiger partial charge in [0.15, 0.2) is 11.5 Å². The largest absolute Gasteiger partial charge is 0.504 e. The zero-order valence-corrected chi connectivity index (χ0v) is 11.1. The molecule has 1 amide bonds. The van der Waals surface area contributed by atoms with Crippen molar-refractivity contribution >= 4 is 17.3 Å². The first-order valence-electron chi connectivity index (χ1n) is 5.94. The van der Waals surface area contributed by atoms with E-state index >= 15 is 0 Å². The number of phenols is 1. The summed E-state index contributed by atoms with van der Waals surface area (Å²) < 4.78 is 4.92. The Hall–Kier alpha value is -3.09. The fraction of sp³-hybridized carbons (Fsp3) is 0.0714. The maximum atomic E-state index is 12.1. The first-order chi connectivity index (χ1) is 10.0. The molecule has 0 atom stereocenters. The molecule has 21 heavy (non-hydrogen) atoms. The highest BCUT2D eigenvalue weighted by atomic mass is 16.6. The second-order valence-corrected chi connectivity index (χ2v) is 4.15. The predicted molar refractivity (Wildman–Crippen MR) is 75.7 cm³/mol. The molecule has 108 valence electrons. The average molecular weight is 288 g/mol. The number of rotatable bonds is 4. The number of non-ortho nitro benzene ring substituents is 1. The van der Waals surface area contributed by atoms with Crippen LogP contribution < -0.4 is 10.1 Å². The van der Waals surface area contributed by atoms with E-state index in [0.717, 1.165) is 0 Å². The Morgan fingerprint density at radius 3 is 2.71 bits per heavy atom. The summed E-state index contributed by atoms with van der Waals surface area (Å²) in [6.07, 6.45) is 0. The van der Waals surface area contributed by atoms with E-state index in [2.05, 4.69) is 5.32 Å². The van der Waals surface area contributed by atoms with Crippen molar-refractivity contribution in [1.82, 2.24) is 0 Å². The van der Waals surface area contributed by atoms with Crippen LogP contribution in [0.15, 0.2) is 42.5 Å². The molecule has 0 heterocycles. The number of hydrogen-bond acceptors (Lipinski definition) is 5. The first-order valence-corrected chi connectivity index (χ1v) is 5.94. The number of nitrogens with one attached hydrogen (secondary N) is 1. The Morgan fingerprint density at radius 2 is 2.05 bits per heavy atom. The van der Waals surface area contributed by atoms with Crippen molar-refractivity contribution in [3.8, 4) is 11.5 Å². The number of phenolic OH excluding ortho intramolecular Hbond substituents is 1. The van der Waals surface area contributed by atoms with Crippen molar-refractivity contribution in [2.45, 2.75) is 0 Å². The van der Waals surface area contributed by atoms with Crippen LogP contribution in [-0.4, -0.2) is 23.0 Å². The van der Waals surface area contributed by atoms with Crippen molar-refractivity contribution in [1.29, 1.82) is 0 Å². The third-order valence-corrected chi connectivity index (χ3v) is 2.76. The van der Waals surface area contributed by atoms with Crippen LogP contribution in [-0.2, 0) is 0 Å². The summed E-state index contributed by atoms with van der Waals surface area (Å²) in [7, 11) is 1.37. The molecule has 2 N–H and O–H groups in total. The molecule has 2 aromatic carbocycles. The molecule has 2 rings (SSSR count). The molecule has 7 heteroatoms. The Bertz CT molecular complexity index is 700. The number of methoxy groups -OCH3 is 1. The lowest BCUT2D eigenvalue weighted by atomic mass is 10.2. The molecule has 0 aromatic heterocycles. The molecule has 0 fully saturated rings. The van der Waals surface area contributed by atoms with Gasteiger partial charge in [0.2, 0.25) is 0 Å². The van der Waals surface area contributed by atoms with E-state index in [9.17, 15) is 20.0 Å². The number of carbonyl (C=O) groups excluding carboxylic acids is 1. The van der Waals surface area contributed by atoms with Crippen LogP contribution in [0, 0.1) is 10.1 Å². The molecule has 0 aliphatic heterocycles. The van der Waals surface area contributed by atoms with Gasteiger partial charge in [0.05, 0.1) is 12.0 Å². The summed E-state index contributed by atoms with van der Waals surface area (Å²) in [6, 6.07) is 9.75. The summed E-state index contributed by atoms with van der Waals surface area (Å²) in [5.41, 5.74) is 0.452. The number of carbonyl (C=O) groups is 1. The van der Waals surface area contributed by atoms with E-state index in [1.54, 1.807) is 6.07 Å². The minimum atomic E-state index is -0.542. The molecule has 0 bridgehead atoms. The van der Waals surface area contributed by atoms with Gasteiger partial charge in [-0.05, 0) is 24.3 Å². The second-order valence-electron chi connectivity index (χ2n) is 4.15. The normalized spacial score (nSPS) is 9.95. The Kier molecular flexibility index (Phi) is 4.03. The third kappa shape index (κ3) is 3.27. The van der Waals surface area contributed by atoms with Gasteiger partial charge in [-0.15, -0.1) is 0 Å². The molecule has 0 saturated carbocycles. The summed E-state index contributed by atoms with van der Waals surface area (Å²) in [6.45, 7) is 0. The van der Waals surface area contributed by atoms with Gasteiger partial charge in [0, 0.05) is 23.4 Å². The lowest BCUT2D eigenvalue weighted by Gasteiger charge is -2.08. The minimum absolute atomic E-state index is 0.0793. The minimum Gasteiger partial charge on any atom is -0.504 e. The predicted octanol–water partition coefficient (Wildman–Crippen LogP) is 2.56. The van der Waals surface area contributed by atoms with Crippen LogP contribution in [0.2, 0.25) is 0 Å². The van der Waals surface area contributed by atoms with Crippen LogP contribution in [0.4, 0.5) is 11.4 Å². The van der Waals surface area contributed by atoms with E-state index in [-0.39, 0.29) is 22.7 Å². The smallest absolute Gasteiger partial charge is 0.271 e. The summed E-state index contributed by atoms with van der Waals surface area (Å²) in [5, 5.41) is 22.7. The van der Waals surface area contributed by atoms with E-state index in [1.165, 1.54) is 43.5 Å². The lowest BCUT2D eigenvalue weighted by molar-refractivity contribution is -0.384. The number of nitrogens with zero attached hydrogens (tertiary/aromatic N) is 1. The van der Waals surface area contributed by atoms with Gasteiger partial charge in [-0.3, -0.25) is 14.9 Å². The van der Waals surface area contributed by atoms with Gasteiger partial charge in [-0.1, -0.05) is 6.07 Å². The maximum Gasteiger partial charge on any atom is 0.271 e. The van der Waals surface area contributed by atoms with Crippen LogP contribution >= 0.6 is 0 Å².